The quantitative estimate of drug-likeness (QED) is 0.436. The Balaban J connectivity index is 1.63. The van der Waals surface area contributed by atoms with Crippen LogP contribution in [0.25, 0.3) is 5.70 Å². The van der Waals surface area contributed by atoms with Crippen molar-refractivity contribution < 1.29 is 18.6 Å². The maximum Gasteiger partial charge on any atom is 0.226 e. The second-order valence-corrected chi connectivity index (χ2v) is 8.54. The Morgan fingerprint density at radius 3 is 2.60 bits per heavy atom. The Bertz CT molecular complexity index is 1460. The summed E-state index contributed by atoms with van der Waals surface area (Å²) in [6, 6.07) is 17.8. The Morgan fingerprint density at radius 2 is 1.83 bits per heavy atom. The molecule has 1 N–H and O–H groups in total. The number of halogens is 1. The Kier molecular flexibility index (Phi) is 4.95. The summed E-state index contributed by atoms with van der Waals surface area (Å²) in [4.78, 5) is 4.44. The lowest BCUT2D eigenvalue weighted by atomic mass is 9.84. The summed E-state index contributed by atoms with van der Waals surface area (Å²) in [6.45, 7) is 2.04. The van der Waals surface area contributed by atoms with Crippen LogP contribution >= 0.6 is 0 Å². The molecule has 0 bridgehead atoms. The molecular weight excluding hydrogens is 447 g/mol. The van der Waals surface area contributed by atoms with Crippen LogP contribution in [0.2, 0.25) is 0 Å². The van der Waals surface area contributed by atoms with E-state index in [0.717, 1.165) is 39.3 Å². The third-order valence-electron chi connectivity index (χ3n) is 6.48. The standard InChI is InChI=1S/C27H23FN4O3/c1-15-4-11-21-20(12-15)24-23(26(35-21)19-10-9-18(33-2)13-22(19)34-3)25(16-5-7-17(28)8-6-16)32-27(31-24)29-14-30-32/h4-14,25-26H,1-3H3,(H,29,30,31). The highest BCUT2D eigenvalue weighted by atomic mass is 19.1. The van der Waals surface area contributed by atoms with Crippen molar-refractivity contribution in [3.8, 4) is 17.2 Å². The molecular formula is C27H23FN4O3. The molecule has 35 heavy (non-hydrogen) atoms. The molecule has 2 atom stereocenters. The smallest absolute Gasteiger partial charge is 0.226 e. The van der Waals surface area contributed by atoms with E-state index < -0.39 is 6.10 Å². The van der Waals surface area contributed by atoms with Crippen LogP contribution in [0, 0.1) is 12.7 Å². The molecule has 0 radical (unpaired) electrons. The highest BCUT2D eigenvalue weighted by molar-refractivity contribution is 5.85. The highest BCUT2D eigenvalue weighted by Crippen LogP contribution is 2.52. The van der Waals surface area contributed by atoms with Crippen molar-refractivity contribution in [3.05, 3.63) is 101 Å². The first-order valence-electron chi connectivity index (χ1n) is 11.2. The van der Waals surface area contributed by atoms with Gasteiger partial charge in [0.25, 0.3) is 0 Å². The van der Waals surface area contributed by atoms with Crippen molar-refractivity contribution in [2.24, 2.45) is 0 Å². The molecule has 2 aliphatic rings. The van der Waals surface area contributed by atoms with Gasteiger partial charge in [0.05, 0.1) is 19.9 Å². The fourth-order valence-corrected chi connectivity index (χ4v) is 4.84. The van der Waals surface area contributed by atoms with Gasteiger partial charge in [-0.3, -0.25) is 0 Å². The number of nitrogens with zero attached hydrogens (tertiary/aromatic N) is 3. The summed E-state index contributed by atoms with van der Waals surface area (Å²) in [6.07, 6.45) is 0.999. The largest absolute Gasteiger partial charge is 0.497 e. The van der Waals surface area contributed by atoms with E-state index in [1.54, 1.807) is 31.0 Å². The maximum atomic E-state index is 13.9. The topological polar surface area (TPSA) is 70.4 Å². The molecule has 3 heterocycles. The molecule has 1 aromatic heterocycles. The third-order valence-corrected chi connectivity index (χ3v) is 6.48. The lowest BCUT2D eigenvalue weighted by molar-refractivity contribution is 0.217. The van der Waals surface area contributed by atoms with Gasteiger partial charge in [0.1, 0.15) is 35.4 Å². The summed E-state index contributed by atoms with van der Waals surface area (Å²) < 4.78 is 33.5. The number of anilines is 1. The minimum atomic E-state index is -0.513. The summed E-state index contributed by atoms with van der Waals surface area (Å²) in [5, 5.41) is 7.99. The van der Waals surface area contributed by atoms with Crippen molar-refractivity contribution in [2.75, 3.05) is 19.5 Å². The van der Waals surface area contributed by atoms with E-state index in [4.69, 9.17) is 14.2 Å². The lowest BCUT2D eigenvalue weighted by Gasteiger charge is -2.39. The summed E-state index contributed by atoms with van der Waals surface area (Å²) in [7, 11) is 3.24. The zero-order valence-corrected chi connectivity index (χ0v) is 19.4. The number of hydrogen-bond acceptors (Lipinski definition) is 6. The maximum absolute atomic E-state index is 13.9. The second-order valence-electron chi connectivity index (χ2n) is 8.54. The monoisotopic (exact) mass is 470 g/mol. The number of benzene rings is 3. The van der Waals surface area contributed by atoms with Gasteiger partial charge in [0.2, 0.25) is 5.95 Å². The molecule has 0 spiro atoms. The fraction of sp³-hybridized carbons (Fsp3) is 0.185. The van der Waals surface area contributed by atoms with Gasteiger partial charge in [-0.15, -0.1) is 0 Å². The molecule has 8 heteroatoms. The lowest BCUT2D eigenvalue weighted by Crippen LogP contribution is -2.32. The SMILES string of the molecule is COc1ccc(C2Oc3ccc(C)cc3C3=C2C(c2ccc(F)cc2)n2ncnc2N3)c(OC)c1. The van der Waals surface area contributed by atoms with Crippen molar-refractivity contribution in [3.63, 3.8) is 0 Å². The van der Waals surface area contributed by atoms with Gasteiger partial charge in [-0.25, -0.2) is 9.07 Å². The number of nitrogens with one attached hydrogen (secondary N) is 1. The normalized spacial score (nSPS) is 18.1. The number of ether oxygens (including phenoxy) is 3. The summed E-state index contributed by atoms with van der Waals surface area (Å²) >= 11 is 0. The molecule has 176 valence electrons. The van der Waals surface area contributed by atoms with E-state index >= 15 is 0 Å². The Hall–Kier alpha value is -4.33. The van der Waals surface area contributed by atoms with Crippen molar-refractivity contribution in [1.82, 2.24) is 14.8 Å². The molecule has 0 amide bonds. The van der Waals surface area contributed by atoms with E-state index in [0.29, 0.717) is 17.4 Å². The molecule has 2 unspecified atom stereocenters. The Labute approximate surface area is 201 Å². The number of aryl methyl sites for hydroxylation is 1. The Morgan fingerprint density at radius 1 is 1.00 bits per heavy atom. The molecule has 6 rings (SSSR count). The molecule has 0 saturated heterocycles. The first-order valence-corrected chi connectivity index (χ1v) is 11.2. The van der Waals surface area contributed by atoms with Gasteiger partial charge >= 0.3 is 0 Å². The number of aromatic nitrogens is 3. The van der Waals surface area contributed by atoms with Crippen molar-refractivity contribution in [2.45, 2.75) is 19.1 Å². The highest BCUT2D eigenvalue weighted by Gasteiger charge is 2.42. The zero-order valence-electron chi connectivity index (χ0n) is 19.4. The number of rotatable bonds is 4. The number of methoxy groups -OCH3 is 2. The molecule has 3 aromatic carbocycles. The minimum Gasteiger partial charge on any atom is -0.497 e. The second kappa shape index (κ2) is 8.16. The van der Waals surface area contributed by atoms with Gasteiger partial charge in [-0.1, -0.05) is 23.8 Å². The average molecular weight is 471 g/mol. The van der Waals surface area contributed by atoms with Gasteiger partial charge < -0.3 is 19.5 Å². The van der Waals surface area contributed by atoms with Gasteiger partial charge in [0, 0.05) is 22.8 Å². The van der Waals surface area contributed by atoms with E-state index in [1.807, 2.05) is 37.3 Å². The van der Waals surface area contributed by atoms with Crippen LogP contribution in [0.3, 0.4) is 0 Å². The van der Waals surface area contributed by atoms with Crippen molar-refractivity contribution in [1.29, 1.82) is 0 Å². The number of fused-ring (bicyclic) bond motifs is 3. The van der Waals surface area contributed by atoms with Gasteiger partial charge in [-0.05, 0) is 48.9 Å². The first kappa shape index (κ1) is 21.2. The van der Waals surface area contributed by atoms with Crippen LogP contribution in [-0.2, 0) is 0 Å². The van der Waals surface area contributed by atoms with E-state index in [9.17, 15) is 4.39 Å². The van der Waals surface area contributed by atoms with Crippen LogP contribution in [0.4, 0.5) is 10.3 Å². The third kappa shape index (κ3) is 3.41. The van der Waals surface area contributed by atoms with E-state index in [2.05, 4.69) is 21.5 Å². The van der Waals surface area contributed by atoms with Gasteiger partial charge in [0.15, 0.2) is 6.10 Å². The first-order chi connectivity index (χ1) is 17.1. The van der Waals surface area contributed by atoms with Crippen LogP contribution in [0.15, 0.2) is 72.6 Å². The minimum absolute atomic E-state index is 0.301. The van der Waals surface area contributed by atoms with Crippen LogP contribution in [-0.4, -0.2) is 29.0 Å². The summed E-state index contributed by atoms with van der Waals surface area (Å²) in [5.74, 6) is 2.37. The van der Waals surface area contributed by atoms with Crippen LogP contribution in [0.5, 0.6) is 17.2 Å². The summed E-state index contributed by atoms with van der Waals surface area (Å²) in [5.41, 5.74) is 5.56. The van der Waals surface area contributed by atoms with Crippen LogP contribution < -0.4 is 19.5 Å². The molecule has 7 nitrogen and oxygen atoms in total. The zero-order chi connectivity index (χ0) is 24.1. The van der Waals surface area contributed by atoms with Crippen molar-refractivity contribution >= 4 is 11.6 Å². The van der Waals surface area contributed by atoms with E-state index in [1.165, 1.54) is 18.5 Å². The average Bonchev–Trinajstić information content (AvgIpc) is 3.36. The van der Waals surface area contributed by atoms with Crippen LogP contribution in [0.1, 0.15) is 34.4 Å². The molecule has 4 aromatic rings. The predicted molar refractivity (Wildman–Crippen MR) is 129 cm³/mol. The number of hydrogen-bond donors (Lipinski definition) is 1. The molecule has 0 aliphatic carbocycles. The van der Waals surface area contributed by atoms with Gasteiger partial charge in [-0.2, -0.15) is 10.1 Å². The molecule has 0 fully saturated rings. The molecule has 2 aliphatic heterocycles. The predicted octanol–water partition coefficient (Wildman–Crippen LogP) is 5.30. The fourth-order valence-electron chi connectivity index (χ4n) is 4.84. The molecule has 0 saturated carbocycles. The van der Waals surface area contributed by atoms with E-state index in [-0.39, 0.29) is 11.9 Å².